The van der Waals surface area contributed by atoms with E-state index in [0.29, 0.717) is 61.1 Å². The number of thiazole rings is 1. The molecule has 8 rings (SSSR count). The highest BCUT2D eigenvalue weighted by Crippen LogP contribution is 2.34. The average Bonchev–Trinajstić information content (AvgIpc) is 4.15. The summed E-state index contributed by atoms with van der Waals surface area (Å²) in [6.45, 7) is 14.2. The number of anilines is 1. The Morgan fingerprint density at radius 1 is 0.969 bits per heavy atom. The van der Waals surface area contributed by atoms with E-state index in [1.54, 1.807) is 57.4 Å². The van der Waals surface area contributed by atoms with Crippen molar-refractivity contribution in [3.05, 3.63) is 95.6 Å². The second-order valence-corrected chi connectivity index (χ2v) is 17.7. The molecule has 0 saturated carbocycles. The molecule has 2 aromatic carbocycles. The summed E-state index contributed by atoms with van der Waals surface area (Å²) in [5.41, 5.74) is 13.7. The standard InChI is InChI=1S/C48H55N11O5S/c1-31(2)44(48(62)59-19-9-11-40(59)47(61)52-32(3)34-13-15-35(16-14-34)45-33(4)50-30-65-45)42-27-43(55-64-42)63-25-24-57-22-20-56(21-23-57)17-7-8-18-58-29-36(28-51-58)38-26-39(53-54-46(38)49)37-10-5-6-12-41(37)60/h5-6,10,12-16,26-32,40,44,60H,9,11,17-25H2,1-4H3,(H2,49,54)(H,52,61)/t32-,40-,44+/m0/s1. The van der Waals surface area contributed by atoms with Gasteiger partial charge in [-0.15, -0.1) is 21.5 Å². The summed E-state index contributed by atoms with van der Waals surface area (Å²) in [6, 6.07) is 17.9. The number of likely N-dealkylation sites (tertiary alicyclic amines) is 1. The van der Waals surface area contributed by atoms with Crippen LogP contribution in [0.4, 0.5) is 5.82 Å². The first-order valence-electron chi connectivity index (χ1n) is 22.1. The van der Waals surface area contributed by atoms with E-state index in [2.05, 4.69) is 64.5 Å². The molecule has 0 radical (unpaired) electrons. The number of hydrogen-bond acceptors (Lipinski definition) is 14. The molecule has 4 aromatic heterocycles. The van der Waals surface area contributed by atoms with Gasteiger partial charge < -0.3 is 30.3 Å². The quantitative estimate of drug-likeness (QED) is 0.101. The molecule has 3 atom stereocenters. The van der Waals surface area contributed by atoms with Crippen molar-refractivity contribution in [2.24, 2.45) is 5.92 Å². The van der Waals surface area contributed by atoms with Crippen LogP contribution in [0.15, 0.2) is 83.1 Å². The number of amides is 2. The number of carbonyl (C=O) groups is 2. The van der Waals surface area contributed by atoms with Gasteiger partial charge in [0.1, 0.15) is 30.9 Å². The smallest absolute Gasteiger partial charge is 0.254 e. The number of para-hydroxylation sites is 1. The van der Waals surface area contributed by atoms with Gasteiger partial charge >= 0.3 is 0 Å². The number of aryl methyl sites for hydroxylation is 1. The van der Waals surface area contributed by atoms with E-state index in [4.69, 9.17) is 15.0 Å². The first kappa shape index (κ1) is 45.0. The van der Waals surface area contributed by atoms with Crippen LogP contribution in [0, 0.1) is 24.7 Å². The number of nitrogen functional groups attached to an aromatic ring is 1. The Morgan fingerprint density at radius 3 is 2.49 bits per heavy atom. The van der Waals surface area contributed by atoms with Crippen LogP contribution in [0.1, 0.15) is 62.6 Å². The van der Waals surface area contributed by atoms with Gasteiger partial charge in [0, 0.05) is 68.2 Å². The van der Waals surface area contributed by atoms with Crippen LogP contribution in [0.3, 0.4) is 0 Å². The van der Waals surface area contributed by atoms with Crippen molar-refractivity contribution in [2.75, 3.05) is 58.2 Å². The molecule has 2 saturated heterocycles. The lowest BCUT2D eigenvalue weighted by Gasteiger charge is -2.33. The van der Waals surface area contributed by atoms with Gasteiger partial charge in [-0.2, -0.15) is 5.10 Å². The summed E-state index contributed by atoms with van der Waals surface area (Å²) in [5.74, 6) is 6.70. The molecular formula is C48H55N11O5S. The van der Waals surface area contributed by atoms with E-state index in [9.17, 15) is 14.7 Å². The molecule has 2 fully saturated rings. The van der Waals surface area contributed by atoms with Crippen molar-refractivity contribution in [1.29, 1.82) is 0 Å². The number of nitrogens with one attached hydrogen (secondary N) is 1. The van der Waals surface area contributed by atoms with E-state index in [0.717, 1.165) is 66.4 Å². The molecule has 0 aliphatic carbocycles. The predicted octanol–water partition coefficient (Wildman–Crippen LogP) is 6.02. The highest BCUT2D eigenvalue weighted by molar-refractivity contribution is 7.13. The number of nitrogens with two attached hydrogens (primary N) is 1. The minimum Gasteiger partial charge on any atom is -0.507 e. The zero-order valence-corrected chi connectivity index (χ0v) is 38.0. The van der Waals surface area contributed by atoms with Gasteiger partial charge in [-0.25, -0.2) is 4.98 Å². The summed E-state index contributed by atoms with van der Waals surface area (Å²) >= 11 is 1.61. The number of carbonyl (C=O) groups excluding carboxylic acids is 2. The fourth-order valence-electron chi connectivity index (χ4n) is 8.40. The van der Waals surface area contributed by atoms with E-state index in [1.165, 1.54) is 0 Å². The van der Waals surface area contributed by atoms with Gasteiger partial charge in [-0.05, 0) is 67.1 Å². The van der Waals surface area contributed by atoms with Crippen molar-refractivity contribution in [3.63, 3.8) is 0 Å². The predicted molar refractivity (Wildman–Crippen MR) is 249 cm³/mol. The highest BCUT2D eigenvalue weighted by Gasteiger charge is 2.40. The monoisotopic (exact) mass is 897 g/mol. The van der Waals surface area contributed by atoms with Crippen molar-refractivity contribution in [1.82, 2.24) is 50.1 Å². The van der Waals surface area contributed by atoms with Gasteiger partial charge in [-0.1, -0.05) is 62.1 Å². The lowest BCUT2D eigenvalue weighted by molar-refractivity contribution is -0.141. The van der Waals surface area contributed by atoms with Crippen LogP contribution in [0.2, 0.25) is 0 Å². The molecule has 6 aromatic rings. The molecule has 65 heavy (non-hydrogen) atoms. The fraction of sp³-hybridized carbons (Fsp3) is 0.396. The maximum absolute atomic E-state index is 14.1. The minimum absolute atomic E-state index is 0.0892. The molecule has 4 N–H and O–H groups in total. The number of benzene rings is 2. The van der Waals surface area contributed by atoms with Crippen molar-refractivity contribution in [2.45, 2.75) is 65.1 Å². The molecule has 0 spiro atoms. The van der Waals surface area contributed by atoms with Gasteiger partial charge in [-0.3, -0.25) is 24.1 Å². The molecular weight excluding hydrogens is 843 g/mol. The first-order valence-corrected chi connectivity index (χ1v) is 23.0. The molecule has 338 valence electrons. The summed E-state index contributed by atoms with van der Waals surface area (Å²) in [7, 11) is 0. The van der Waals surface area contributed by atoms with E-state index >= 15 is 0 Å². The van der Waals surface area contributed by atoms with E-state index in [1.807, 2.05) is 57.6 Å². The zero-order chi connectivity index (χ0) is 45.5. The van der Waals surface area contributed by atoms with Crippen LogP contribution in [0.5, 0.6) is 11.6 Å². The number of phenolic OH excluding ortho intramolecular Hbond substituents is 1. The van der Waals surface area contributed by atoms with Crippen LogP contribution in [0.25, 0.3) is 32.8 Å². The fourth-order valence-corrected chi connectivity index (χ4v) is 9.21. The summed E-state index contributed by atoms with van der Waals surface area (Å²) < 4.78 is 13.5. The minimum atomic E-state index is -0.601. The van der Waals surface area contributed by atoms with Crippen LogP contribution < -0.4 is 15.8 Å². The normalized spacial score (nSPS) is 16.6. The molecule has 2 amide bonds. The van der Waals surface area contributed by atoms with Crippen LogP contribution in [-0.2, 0) is 16.1 Å². The van der Waals surface area contributed by atoms with Gasteiger partial charge in [0.15, 0.2) is 11.6 Å². The maximum atomic E-state index is 14.1. The Hall–Kier alpha value is -6.61. The lowest BCUT2D eigenvalue weighted by atomic mass is 9.91. The molecule has 2 aliphatic heterocycles. The Labute approximate surface area is 382 Å². The van der Waals surface area contributed by atoms with Crippen molar-refractivity contribution < 1.29 is 24.0 Å². The van der Waals surface area contributed by atoms with E-state index in [-0.39, 0.29) is 35.3 Å². The molecule has 16 nitrogen and oxygen atoms in total. The van der Waals surface area contributed by atoms with Crippen LogP contribution in [-0.4, -0.2) is 120 Å². The third kappa shape index (κ3) is 10.7. The first-order chi connectivity index (χ1) is 31.5. The van der Waals surface area contributed by atoms with Crippen molar-refractivity contribution >= 4 is 29.0 Å². The number of rotatable bonds is 15. The van der Waals surface area contributed by atoms with Gasteiger partial charge in [0.25, 0.3) is 5.88 Å². The highest BCUT2D eigenvalue weighted by atomic mass is 32.1. The molecule has 17 heteroatoms. The topological polar surface area (TPSA) is 194 Å². The molecule has 0 unspecified atom stereocenters. The van der Waals surface area contributed by atoms with Crippen LogP contribution >= 0.6 is 11.3 Å². The Kier molecular flexibility index (Phi) is 14.2. The Bertz CT molecular complexity index is 2640. The average molecular weight is 898 g/mol. The molecule has 0 bridgehead atoms. The number of aromatic nitrogens is 6. The molecule has 2 aliphatic rings. The summed E-state index contributed by atoms with van der Waals surface area (Å²) in [5, 5.41) is 30.3. The number of hydrogen-bond donors (Lipinski definition) is 3. The number of aromatic hydroxyl groups is 1. The summed E-state index contributed by atoms with van der Waals surface area (Å²) in [4.78, 5) is 39.7. The molecule has 6 heterocycles. The second-order valence-electron chi connectivity index (χ2n) is 16.9. The van der Waals surface area contributed by atoms with Gasteiger partial charge in [0.05, 0.1) is 40.6 Å². The number of piperazine rings is 1. The van der Waals surface area contributed by atoms with Crippen molar-refractivity contribution in [3.8, 4) is 56.3 Å². The summed E-state index contributed by atoms with van der Waals surface area (Å²) in [6.07, 6.45) is 4.95. The number of phenols is 1. The third-order valence-electron chi connectivity index (χ3n) is 12.1. The zero-order valence-electron chi connectivity index (χ0n) is 37.2. The number of nitrogens with zero attached hydrogens (tertiary/aromatic N) is 9. The third-order valence-corrected chi connectivity index (χ3v) is 13.1. The number of ether oxygens (including phenoxy) is 1. The SMILES string of the molecule is Cc1ncsc1-c1ccc([C@H](C)NC(=O)[C@@H]2CCCN2C(=O)[C@@H](c2cc(OCCN3CCN(CC#CCn4cc(-c5cc(-c6ccccc6O)nnc5N)cn4)CC3)no2)C(C)C)cc1. The Balaban J connectivity index is 0.765. The Morgan fingerprint density at radius 2 is 1.74 bits per heavy atom. The second kappa shape index (κ2) is 20.5. The largest absolute Gasteiger partial charge is 0.507 e. The van der Waals surface area contributed by atoms with Gasteiger partial charge in [0.2, 0.25) is 11.8 Å². The maximum Gasteiger partial charge on any atom is 0.254 e. The van der Waals surface area contributed by atoms with E-state index < -0.39 is 12.0 Å². The lowest BCUT2D eigenvalue weighted by Crippen LogP contribution is -2.48.